The van der Waals surface area contributed by atoms with E-state index in [1.54, 1.807) is 58.6 Å². The number of nitrogens with zero attached hydrogens (tertiary/aromatic N) is 4. The minimum absolute atomic E-state index is 0.0355. The Morgan fingerprint density at radius 3 is 2.17 bits per heavy atom. The Kier molecular flexibility index (Phi) is 4.52. The molecule has 0 unspecified atom stereocenters. The highest BCUT2D eigenvalue weighted by Crippen LogP contribution is 2.48. The summed E-state index contributed by atoms with van der Waals surface area (Å²) < 4.78 is 0. The Morgan fingerprint density at radius 2 is 1.53 bits per heavy atom. The SMILES string of the molecule is O=C(c1ccccn1)N1C[C@H]2[C@@H](c3ccccc31)[C@@H](CO)N2C(=O)c1ccccn1. The zero-order valence-corrected chi connectivity index (χ0v) is 16.1. The molecule has 1 aromatic carbocycles. The highest BCUT2D eigenvalue weighted by atomic mass is 16.3. The monoisotopic (exact) mass is 400 g/mol. The van der Waals surface area contributed by atoms with Crippen LogP contribution in [0.15, 0.2) is 73.1 Å². The van der Waals surface area contributed by atoms with Gasteiger partial charge in [-0.1, -0.05) is 30.3 Å². The normalized spacial score (nSPS) is 22.0. The number of aromatic nitrogens is 2. The molecule has 1 fully saturated rings. The van der Waals surface area contributed by atoms with Gasteiger partial charge in [0.15, 0.2) is 0 Å². The third-order valence-corrected chi connectivity index (χ3v) is 5.93. The van der Waals surface area contributed by atoms with E-state index in [0.717, 1.165) is 11.3 Å². The van der Waals surface area contributed by atoms with E-state index >= 15 is 0 Å². The number of aliphatic hydroxyl groups is 1. The minimum Gasteiger partial charge on any atom is -0.394 e. The molecule has 1 N–H and O–H groups in total. The van der Waals surface area contributed by atoms with Gasteiger partial charge in [-0.2, -0.15) is 0 Å². The molecule has 0 bridgehead atoms. The fraction of sp³-hybridized carbons (Fsp3) is 0.217. The Labute approximate surface area is 173 Å². The third-order valence-electron chi connectivity index (χ3n) is 5.93. The van der Waals surface area contributed by atoms with Gasteiger partial charge in [0, 0.05) is 30.5 Å². The lowest BCUT2D eigenvalue weighted by molar-refractivity contribution is -0.0250. The molecular formula is C23H20N4O3. The highest BCUT2D eigenvalue weighted by molar-refractivity contribution is 6.06. The summed E-state index contributed by atoms with van der Waals surface area (Å²) in [6.45, 7) is 0.189. The van der Waals surface area contributed by atoms with Crippen LogP contribution in [-0.4, -0.2) is 57.0 Å². The zero-order valence-electron chi connectivity index (χ0n) is 16.1. The van der Waals surface area contributed by atoms with E-state index in [-0.39, 0.29) is 36.4 Å². The first-order valence-corrected chi connectivity index (χ1v) is 9.87. The van der Waals surface area contributed by atoms with Crippen LogP contribution >= 0.6 is 0 Å². The van der Waals surface area contributed by atoms with Crippen LogP contribution in [0.25, 0.3) is 0 Å². The molecule has 0 radical (unpaired) electrons. The second-order valence-electron chi connectivity index (χ2n) is 7.46. The molecule has 3 atom stereocenters. The standard InChI is InChI=1S/C23H20N4O3/c28-14-20-21-15-7-1-2-10-18(15)26(22(29)16-8-3-5-11-24-16)13-19(21)27(20)23(30)17-9-4-6-12-25-17/h1-12,19-21,28H,13-14H2/t19-,20+,21+/m0/s1. The number of likely N-dealkylation sites (tertiary alicyclic amines) is 1. The number of fused-ring (bicyclic) bond motifs is 3. The Morgan fingerprint density at radius 1 is 0.900 bits per heavy atom. The molecule has 0 aliphatic carbocycles. The summed E-state index contributed by atoms with van der Waals surface area (Å²) in [5.74, 6) is -0.480. The van der Waals surface area contributed by atoms with Crippen LogP contribution in [-0.2, 0) is 0 Å². The van der Waals surface area contributed by atoms with E-state index in [9.17, 15) is 14.7 Å². The van der Waals surface area contributed by atoms with Gasteiger partial charge < -0.3 is 14.9 Å². The summed E-state index contributed by atoms with van der Waals surface area (Å²) in [6, 6.07) is 17.5. The molecule has 4 heterocycles. The number of amides is 2. The molecule has 150 valence electrons. The van der Waals surface area contributed by atoms with Crippen LogP contribution < -0.4 is 4.90 Å². The number of hydrogen-bond acceptors (Lipinski definition) is 5. The van der Waals surface area contributed by atoms with Crippen molar-refractivity contribution in [2.24, 2.45) is 0 Å². The summed E-state index contributed by atoms with van der Waals surface area (Å²) in [5.41, 5.74) is 2.45. The second-order valence-corrected chi connectivity index (χ2v) is 7.46. The first-order valence-electron chi connectivity index (χ1n) is 9.87. The molecule has 7 nitrogen and oxygen atoms in total. The van der Waals surface area contributed by atoms with Gasteiger partial charge in [-0.15, -0.1) is 0 Å². The van der Waals surface area contributed by atoms with Crippen molar-refractivity contribution in [2.45, 2.75) is 18.0 Å². The summed E-state index contributed by atoms with van der Waals surface area (Å²) in [7, 11) is 0. The lowest BCUT2D eigenvalue weighted by atomic mass is 9.71. The molecule has 30 heavy (non-hydrogen) atoms. The fourth-order valence-electron chi connectivity index (χ4n) is 4.61. The average molecular weight is 400 g/mol. The van der Waals surface area contributed by atoms with Crippen molar-refractivity contribution in [3.05, 3.63) is 90.0 Å². The molecule has 2 aromatic heterocycles. The zero-order chi connectivity index (χ0) is 20.7. The Bertz CT molecular complexity index is 1090. The van der Waals surface area contributed by atoms with Crippen molar-refractivity contribution in [1.29, 1.82) is 0 Å². The van der Waals surface area contributed by atoms with Crippen LogP contribution in [0, 0.1) is 0 Å². The molecule has 7 heteroatoms. The summed E-state index contributed by atoms with van der Waals surface area (Å²) >= 11 is 0. The smallest absolute Gasteiger partial charge is 0.276 e. The van der Waals surface area contributed by atoms with Gasteiger partial charge in [0.2, 0.25) is 0 Å². The maximum atomic E-state index is 13.2. The molecule has 2 amide bonds. The van der Waals surface area contributed by atoms with Gasteiger partial charge in [0.05, 0.1) is 18.7 Å². The number of hydrogen-bond donors (Lipinski definition) is 1. The van der Waals surface area contributed by atoms with Crippen molar-refractivity contribution >= 4 is 17.5 Å². The van der Waals surface area contributed by atoms with Gasteiger partial charge >= 0.3 is 0 Å². The van der Waals surface area contributed by atoms with Crippen molar-refractivity contribution in [1.82, 2.24) is 14.9 Å². The van der Waals surface area contributed by atoms with E-state index in [1.165, 1.54) is 0 Å². The van der Waals surface area contributed by atoms with Crippen molar-refractivity contribution < 1.29 is 14.7 Å². The third kappa shape index (κ3) is 2.78. The summed E-state index contributed by atoms with van der Waals surface area (Å²) in [5, 5.41) is 10.1. The number of aliphatic hydroxyl groups excluding tert-OH is 1. The Balaban J connectivity index is 1.54. The average Bonchev–Trinajstić information content (AvgIpc) is 2.80. The van der Waals surface area contributed by atoms with Gasteiger partial charge in [-0.3, -0.25) is 19.6 Å². The van der Waals surface area contributed by atoms with Crippen molar-refractivity contribution in [3.8, 4) is 0 Å². The molecule has 3 aromatic rings. The summed E-state index contributed by atoms with van der Waals surface area (Å²) in [4.78, 5) is 38.1. The van der Waals surface area contributed by atoms with Gasteiger partial charge in [0.25, 0.3) is 11.8 Å². The number of carbonyl (C=O) groups is 2. The Hall–Kier alpha value is -3.58. The van der Waals surface area contributed by atoms with E-state index in [4.69, 9.17) is 0 Å². The molecular weight excluding hydrogens is 380 g/mol. The molecule has 5 rings (SSSR count). The lowest BCUT2D eigenvalue weighted by Gasteiger charge is -2.58. The fourth-order valence-corrected chi connectivity index (χ4v) is 4.61. The van der Waals surface area contributed by atoms with E-state index in [0.29, 0.717) is 17.9 Å². The molecule has 0 saturated carbocycles. The molecule has 1 saturated heterocycles. The molecule has 2 aliphatic rings. The van der Waals surface area contributed by atoms with E-state index in [2.05, 4.69) is 9.97 Å². The van der Waals surface area contributed by atoms with Gasteiger partial charge in [-0.05, 0) is 35.9 Å². The molecule has 2 aliphatic heterocycles. The highest BCUT2D eigenvalue weighted by Gasteiger charge is 2.55. The maximum Gasteiger partial charge on any atom is 0.276 e. The van der Waals surface area contributed by atoms with Crippen LogP contribution in [0.1, 0.15) is 32.5 Å². The second kappa shape index (κ2) is 7.35. The number of para-hydroxylation sites is 1. The van der Waals surface area contributed by atoms with Crippen molar-refractivity contribution in [2.75, 3.05) is 18.1 Å². The van der Waals surface area contributed by atoms with E-state index in [1.807, 2.05) is 24.3 Å². The number of benzene rings is 1. The lowest BCUT2D eigenvalue weighted by Crippen LogP contribution is -2.70. The molecule has 0 spiro atoms. The van der Waals surface area contributed by atoms with E-state index < -0.39 is 0 Å². The topological polar surface area (TPSA) is 86.6 Å². The number of anilines is 1. The maximum absolute atomic E-state index is 13.2. The van der Waals surface area contributed by atoms with Crippen LogP contribution in [0.3, 0.4) is 0 Å². The number of carbonyl (C=O) groups excluding carboxylic acids is 2. The minimum atomic E-state index is -0.349. The van der Waals surface area contributed by atoms with Crippen LogP contribution in [0.2, 0.25) is 0 Å². The first kappa shape index (κ1) is 18.4. The van der Waals surface area contributed by atoms with Crippen LogP contribution in [0.4, 0.5) is 5.69 Å². The number of rotatable bonds is 3. The quantitative estimate of drug-likeness (QED) is 0.728. The van der Waals surface area contributed by atoms with Gasteiger partial charge in [-0.25, -0.2) is 0 Å². The van der Waals surface area contributed by atoms with Crippen molar-refractivity contribution in [3.63, 3.8) is 0 Å². The van der Waals surface area contributed by atoms with Crippen LogP contribution in [0.5, 0.6) is 0 Å². The largest absolute Gasteiger partial charge is 0.394 e. The predicted octanol–water partition coefficient (Wildman–Crippen LogP) is 2.11. The summed E-state index contributed by atoms with van der Waals surface area (Å²) in [6.07, 6.45) is 3.17. The predicted molar refractivity (Wildman–Crippen MR) is 110 cm³/mol. The van der Waals surface area contributed by atoms with Gasteiger partial charge in [0.1, 0.15) is 11.4 Å². The first-order chi connectivity index (χ1) is 14.7. The number of pyridine rings is 2.